The average molecular weight is 402 g/mol. The van der Waals surface area contributed by atoms with Crippen molar-refractivity contribution in [3.8, 4) is 5.69 Å². The summed E-state index contributed by atoms with van der Waals surface area (Å²) in [7, 11) is 0. The van der Waals surface area contributed by atoms with E-state index in [0.717, 1.165) is 10.9 Å². The van der Waals surface area contributed by atoms with E-state index in [0.29, 0.717) is 23.5 Å². The van der Waals surface area contributed by atoms with E-state index in [2.05, 4.69) is 15.0 Å². The number of rotatable bonds is 3. The van der Waals surface area contributed by atoms with Crippen molar-refractivity contribution in [3.63, 3.8) is 0 Å². The molecule has 0 fully saturated rings. The molecule has 30 heavy (non-hydrogen) atoms. The van der Waals surface area contributed by atoms with Gasteiger partial charge in [0, 0.05) is 5.69 Å². The highest BCUT2D eigenvalue weighted by atomic mass is 19.1. The van der Waals surface area contributed by atoms with Gasteiger partial charge in [0.2, 0.25) is 0 Å². The van der Waals surface area contributed by atoms with Gasteiger partial charge in [0.15, 0.2) is 6.17 Å². The maximum absolute atomic E-state index is 14.7. The predicted molar refractivity (Wildman–Crippen MR) is 116 cm³/mol. The highest BCUT2D eigenvalue weighted by molar-refractivity contribution is 5.96. The van der Waals surface area contributed by atoms with Crippen LogP contribution < -0.4 is 11.3 Å². The zero-order valence-electron chi connectivity index (χ0n) is 16.2. The first-order valence-electron chi connectivity index (χ1n) is 9.57. The number of nitrogens with zero attached hydrogens (tertiary/aromatic N) is 5. The number of aryl methyl sites for hydroxylation is 1. The summed E-state index contributed by atoms with van der Waals surface area (Å²) in [6.07, 6.45) is 2.75. The number of benzene rings is 2. The molecule has 8 heteroatoms. The Kier molecular flexibility index (Phi) is 4.20. The van der Waals surface area contributed by atoms with Crippen molar-refractivity contribution in [3.05, 3.63) is 76.0 Å². The molecule has 0 bridgehead atoms. The van der Waals surface area contributed by atoms with Crippen molar-refractivity contribution in [1.82, 2.24) is 9.47 Å². The van der Waals surface area contributed by atoms with Crippen molar-refractivity contribution < 1.29 is 4.39 Å². The predicted octanol–water partition coefficient (Wildman–Crippen LogP) is 2.38. The molecule has 1 aromatic heterocycles. The molecule has 0 spiro atoms. The van der Waals surface area contributed by atoms with Crippen LogP contribution in [0.15, 0.2) is 68.3 Å². The van der Waals surface area contributed by atoms with E-state index < -0.39 is 5.82 Å². The molecule has 0 saturated carbocycles. The Hall–Kier alpha value is -3.81. The maximum atomic E-state index is 14.7. The largest absolute Gasteiger partial charge is 0.385 e. The summed E-state index contributed by atoms with van der Waals surface area (Å²) in [4.78, 5) is 28.2. The van der Waals surface area contributed by atoms with Gasteiger partial charge >= 0.3 is 0 Å². The molecule has 3 heterocycles. The standard InChI is InChI=1S/C22H19FN6O/c1-13-5-4-6-14-9-15(10-28-12-27-19-20(24)25-11-26-21(19)28)29(22(30)18(13)14)17-8-3-2-7-16(17)23/h2-9,11-12,19,21H,10H2,1H3,(H2,24,25,26). The fourth-order valence-corrected chi connectivity index (χ4v) is 4.05. The zero-order valence-corrected chi connectivity index (χ0v) is 16.2. The van der Waals surface area contributed by atoms with E-state index >= 15 is 0 Å². The topological polar surface area (TPSA) is 88.3 Å². The minimum atomic E-state index is -0.464. The summed E-state index contributed by atoms with van der Waals surface area (Å²) in [5, 5.41) is 1.38. The second-order valence-electron chi connectivity index (χ2n) is 7.38. The minimum Gasteiger partial charge on any atom is -0.385 e. The fourth-order valence-electron chi connectivity index (χ4n) is 4.05. The van der Waals surface area contributed by atoms with Crippen LogP contribution in [-0.2, 0) is 6.54 Å². The molecule has 3 aromatic rings. The van der Waals surface area contributed by atoms with E-state index in [-0.39, 0.29) is 23.5 Å². The van der Waals surface area contributed by atoms with Gasteiger partial charge in [-0.2, -0.15) is 0 Å². The van der Waals surface area contributed by atoms with Crippen LogP contribution in [0.2, 0.25) is 0 Å². The lowest BCUT2D eigenvalue weighted by Crippen LogP contribution is -2.44. The Morgan fingerprint density at radius 1 is 1.13 bits per heavy atom. The van der Waals surface area contributed by atoms with E-state index in [1.54, 1.807) is 24.5 Å². The van der Waals surface area contributed by atoms with E-state index in [1.807, 2.05) is 36.1 Å². The second kappa shape index (κ2) is 6.91. The molecule has 2 aliphatic rings. The van der Waals surface area contributed by atoms with Gasteiger partial charge in [-0.15, -0.1) is 0 Å². The number of pyridine rings is 1. The Morgan fingerprint density at radius 3 is 2.80 bits per heavy atom. The van der Waals surface area contributed by atoms with Crippen molar-refractivity contribution >= 4 is 29.3 Å². The Labute approximate surface area is 171 Å². The van der Waals surface area contributed by atoms with Gasteiger partial charge in [0.1, 0.15) is 24.0 Å². The number of aliphatic imine (C=N–C) groups is 3. The average Bonchev–Trinajstić information content (AvgIpc) is 3.13. The third-order valence-electron chi connectivity index (χ3n) is 5.50. The van der Waals surface area contributed by atoms with Gasteiger partial charge in [-0.05, 0) is 36.1 Å². The van der Waals surface area contributed by atoms with Crippen LogP contribution >= 0.6 is 0 Å². The normalized spacial score (nSPS) is 19.9. The number of amidine groups is 1. The number of nitrogens with two attached hydrogens (primary N) is 1. The zero-order chi connectivity index (χ0) is 20.8. The SMILES string of the molecule is Cc1cccc2cc(CN3C=NC4C(N)=NC=NC43)n(-c3ccccc3F)c(=O)c12. The molecule has 0 saturated heterocycles. The summed E-state index contributed by atoms with van der Waals surface area (Å²) >= 11 is 0. The first kappa shape index (κ1) is 18.2. The minimum absolute atomic E-state index is 0.212. The van der Waals surface area contributed by atoms with Gasteiger partial charge in [-0.1, -0.05) is 30.3 Å². The molecule has 0 amide bonds. The number of para-hydroxylation sites is 1. The molecular formula is C22H19FN6O. The molecule has 150 valence electrons. The van der Waals surface area contributed by atoms with E-state index in [1.165, 1.54) is 17.0 Å². The number of hydrogen-bond acceptors (Lipinski definition) is 6. The highest BCUT2D eigenvalue weighted by Crippen LogP contribution is 2.24. The summed E-state index contributed by atoms with van der Waals surface area (Å²) in [5.41, 5.74) is 7.38. The fraction of sp³-hybridized carbons (Fsp3) is 0.182. The molecule has 2 aromatic carbocycles. The third-order valence-corrected chi connectivity index (χ3v) is 5.50. The van der Waals surface area contributed by atoms with Crippen molar-refractivity contribution in [2.75, 3.05) is 0 Å². The van der Waals surface area contributed by atoms with Gasteiger partial charge < -0.3 is 10.6 Å². The molecule has 7 nitrogen and oxygen atoms in total. The van der Waals surface area contributed by atoms with Crippen LogP contribution in [0.1, 0.15) is 11.3 Å². The maximum Gasteiger partial charge on any atom is 0.263 e. The molecule has 2 unspecified atom stereocenters. The Morgan fingerprint density at radius 2 is 1.97 bits per heavy atom. The van der Waals surface area contributed by atoms with Crippen molar-refractivity contribution in [1.29, 1.82) is 0 Å². The molecule has 2 atom stereocenters. The quantitative estimate of drug-likeness (QED) is 0.730. The summed E-state index contributed by atoms with van der Waals surface area (Å²) in [5.74, 6) is -0.0665. The van der Waals surface area contributed by atoms with E-state index in [4.69, 9.17) is 5.73 Å². The summed E-state index contributed by atoms with van der Waals surface area (Å²) in [6, 6.07) is 13.5. The Bertz CT molecular complexity index is 1310. The number of hydrogen-bond donors (Lipinski definition) is 1. The number of fused-ring (bicyclic) bond motifs is 2. The van der Waals surface area contributed by atoms with Gasteiger partial charge in [0.25, 0.3) is 5.56 Å². The van der Waals surface area contributed by atoms with Gasteiger partial charge in [-0.25, -0.2) is 14.4 Å². The molecule has 2 N–H and O–H groups in total. The van der Waals surface area contributed by atoms with Crippen LogP contribution in [-0.4, -0.2) is 40.2 Å². The molecule has 0 radical (unpaired) electrons. The number of halogens is 1. The molecule has 5 rings (SSSR count). The molecule has 0 aliphatic carbocycles. The monoisotopic (exact) mass is 402 g/mol. The smallest absolute Gasteiger partial charge is 0.263 e. The lowest BCUT2D eigenvalue weighted by Gasteiger charge is -2.27. The lowest BCUT2D eigenvalue weighted by atomic mass is 10.1. The molecular weight excluding hydrogens is 383 g/mol. The Balaban J connectivity index is 1.68. The first-order chi connectivity index (χ1) is 14.5. The lowest BCUT2D eigenvalue weighted by molar-refractivity contribution is 0.329. The third kappa shape index (κ3) is 2.80. The van der Waals surface area contributed by atoms with Gasteiger partial charge in [0.05, 0.1) is 24.0 Å². The van der Waals surface area contributed by atoms with Crippen LogP contribution in [0, 0.1) is 12.7 Å². The molecule has 2 aliphatic heterocycles. The summed E-state index contributed by atoms with van der Waals surface area (Å²) in [6.45, 7) is 2.19. The highest BCUT2D eigenvalue weighted by Gasteiger charge is 2.35. The van der Waals surface area contributed by atoms with Crippen LogP contribution in [0.3, 0.4) is 0 Å². The number of aromatic nitrogens is 1. The van der Waals surface area contributed by atoms with Crippen LogP contribution in [0.25, 0.3) is 16.5 Å². The van der Waals surface area contributed by atoms with Crippen molar-refractivity contribution in [2.45, 2.75) is 25.7 Å². The van der Waals surface area contributed by atoms with Crippen LogP contribution in [0.5, 0.6) is 0 Å². The first-order valence-corrected chi connectivity index (χ1v) is 9.57. The van der Waals surface area contributed by atoms with Crippen molar-refractivity contribution in [2.24, 2.45) is 20.7 Å². The van der Waals surface area contributed by atoms with Crippen LogP contribution in [0.4, 0.5) is 4.39 Å². The van der Waals surface area contributed by atoms with Gasteiger partial charge in [-0.3, -0.25) is 14.4 Å². The summed E-state index contributed by atoms with van der Waals surface area (Å²) < 4.78 is 16.2. The van der Waals surface area contributed by atoms with E-state index in [9.17, 15) is 9.18 Å². The second-order valence-corrected chi connectivity index (χ2v) is 7.38.